The maximum Gasteiger partial charge on any atom is 0.275 e. The molecule has 0 radical (unpaired) electrons. The Morgan fingerprint density at radius 1 is 1.42 bits per heavy atom. The predicted molar refractivity (Wildman–Crippen MR) is 93.2 cm³/mol. The van der Waals surface area contributed by atoms with E-state index in [1.807, 2.05) is 11.8 Å². The van der Waals surface area contributed by atoms with E-state index in [0.29, 0.717) is 43.9 Å². The number of nitrogens with zero attached hydrogens (tertiary/aromatic N) is 3. The second-order valence-electron chi connectivity index (χ2n) is 7.08. The molecule has 0 aromatic heterocycles. The number of halogens is 1. The summed E-state index contributed by atoms with van der Waals surface area (Å²) in [6, 6.07) is 2.33. The normalized spacial score (nSPS) is 24.0. The van der Waals surface area contributed by atoms with Crippen LogP contribution in [-0.4, -0.2) is 59.0 Å². The van der Waals surface area contributed by atoms with E-state index in [9.17, 15) is 19.3 Å². The highest BCUT2D eigenvalue weighted by Gasteiger charge is 2.34. The summed E-state index contributed by atoms with van der Waals surface area (Å²) in [6.07, 6.45) is 1.37. The predicted octanol–water partition coefficient (Wildman–Crippen LogP) is 2.25. The molecule has 2 heterocycles. The first-order chi connectivity index (χ1) is 12.4. The van der Waals surface area contributed by atoms with E-state index in [4.69, 9.17) is 4.74 Å². The van der Waals surface area contributed by atoms with Crippen LogP contribution in [0.1, 0.15) is 30.9 Å². The van der Waals surface area contributed by atoms with Crippen molar-refractivity contribution in [3.8, 4) is 0 Å². The van der Waals surface area contributed by atoms with Crippen LogP contribution < -0.4 is 0 Å². The van der Waals surface area contributed by atoms with Gasteiger partial charge in [-0.2, -0.15) is 0 Å². The van der Waals surface area contributed by atoms with Gasteiger partial charge in [-0.15, -0.1) is 0 Å². The lowest BCUT2D eigenvalue weighted by Gasteiger charge is -2.40. The monoisotopic (exact) mass is 365 g/mol. The van der Waals surface area contributed by atoms with Crippen LogP contribution in [-0.2, 0) is 16.1 Å². The summed E-state index contributed by atoms with van der Waals surface area (Å²) < 4.78 is 19.2. The molecule has 8 heteroatoms. The van der Waals surface area contributed by atoms with Gasteiger partial charge in [-0.3, -0.25) is 19.8 Å². The number of hydrogen-bond acceptors (Lipinski definition) is 5. The third-order valence-electron chi connectivity index (χ3n) is 5.24. The topological polar surface area (TPSA) is 75.9 Å². The van der Waals surface area contributed by atoms with E-state index < -0.39 is 10.7 Å². The van der Waals surface area contributed by atoms with Crippen LogP contribution >= 0.6 is 0 Å². The van der Waals surface area contributed by atoms with Crippen LogP contribution in [0.3, 0.4) is 0 Å². The number of benzene rings is 1. The first-order valence-electron chi connectivity index (χ1n) is 8.94. The molecule has 26 heavy (non-hydrogen) atoms. The van der Waals surface area contributed by atoms with Gasteiger partial charge in [0, 0.05) is 44.4 Å². The van der Waals surface area contributed by atoms with E-state index in [1.54, 1.807) is 6.92 Å². The summed E-state index contributed by atoms with van der Waals surface area (Å²) in [5.74, 6) is -0.551. The van der Waals surface area contributed by atoms with Gasteiger partial charge in [-0.1, -0.05) is 0 Å². The quantitative estimate of drug-likeness (QED) is 0.604. The van der Waals surface area contributed by atoms with Crippen molar-refractivity contribution in [3.05, 3.63) is 39.2 Å². The van der Waals surface area contributed by atoms with Crippen molar-refractivity contribution in [1.29, 1.82) is 0 Å². The number of piperazine rings is 1. The van der Waals surface area contributed by atoms with Crippen molar-refractivity contribution < 1.29 is 18.8 Å². The maximum absolute atomic E-state index is 13.7. The molecule has 7 nitrogen and oxygen atoms in total. The van der Waals surface area contributed by atoms with Crippen molar-refractivity contribution in [1.82, 2.24) is 9.80 Å². The fourth-order valence-electron chi connectivity index (χ4n) is 3.78. The first-order valence-corrected chi connectivity index (χ1v) is 8.94. The van der Waals surface area contributed by atoms with Crippen molar-refractivity contribution in [2.24, 2.45) is 0 Å². The molecule has 1 amide bonds. The fraction of sp³-hybridized carbons (Fsp3) is 0.611. The molecule has 0 spiro atoms. The first kappa shape index (κ1) is 18.7. The smallest absolute Gasteiger partial charge is 0.275 e. The minimum Gasteiger partial charge on any atom is -0.368 e. The van der Waals surface area contributed by atoms with Crippen molar-refractivity contribution in [2.45, 2.75) is 45.4 Å². The Bertz CT molecular complexity index is 706. The molecule has 0 unspecified atom stereocenters. The molecule has 2 fully saturated rings. The summed E-state index contributed by atoms with van der Waals surface area (Å²) in [7, 11) is 0. The molecule has 1 aromatic carbocycles. The molecule has 3 rings (SSSR count). The Kier molecular flexibility index (Phi) is 5.52. The molecule has 0 bridgehead atoms. The second kappa shape index (κ2) is 7.67. The van der Waals surface area contributed by atoms with E-state index in [2.05, 4.69) is 4.90 Å². The summed E-state index contributed by atoms with van der Waals surface area (Å²) in [6.45, 7) is 6.57. The SMILES string of the molecule is Cc1c(CN2CCN(C(=O)[C@H]3CCCO3)[C@@H](C)C2)cc(F)cc1[N+](=O)[O-]. The minimum absolute atomic E-state index is 0.0179. The number of carbonyl (C=O) groups excluding carboxylic acids is 1. The van der Waals surface area contributed by atoms with Gasteiger partial charge in [-0.05, 0) is 38.3 Å². The zero-order valence-electron chi connectivity index (χ0n) is 15.1. The van der Waals surface area contributed by atoms with Gasteiger partial charge in [0.1, 0.15) is 11.9 Å². The average molecular weight is 365 g/mol. The third kappa shape index (κ3) is 3.86. The Hall–Kier alpha value is -2.06. The van der Waals surface area contributed by atoms with Gasteiger partial charge in [0.05, 0.1) is 11.0 Å². The van der Waals surface area contributed by atoms with E-state index in [-0.39, 0.29) is 23.7 Å². The Balaban J connectivity index is 1.66. The zero-order valence-corrected chi connectivity index (χ0v) is 15.1. The molecular formula is C18H24FN3O4. The summed E-state index contributed by atoms with van der Waals surface area (Å²) >= 11 is 0. The number of nitro groups is 1. The van der Waals surface area contributed by atoms with E-state index in [1.165, 1.54) is 6.07 Å². The van der Waals surface area contributed by atoms with Crippen LogP contribution in [0, 0.1) is 22.9 Å². The highest BCUT2D eigenvalue weighted by atomic mass is 19.1. The van der Waals surface area contributed by atoms with Crippen LogP contribution in [0.5, 0.6) is 0 Å². The molecule has 142 valence electrons. The lowest BCUT2D eigenvalue weighted by molar-refractivity contribution is -0.385. The average Bonchev–Trinajstić information content (AvgIpc) is 3.11. The van der Waals surface area contributed by atoms with Gasteiger partial charge >= 0.3 is 0 Å². The lowest BCUT2D eigenvalue weighted by Crippen LogP contribution is -2.55. The molecule has 0 N–H and O–H groups in total. The van der Waals surface area contributed by atoms with Crippen molar-refractivity contribution in [3.63, 3.8) is 0 Å². The van der Waals surface area contributed by atoms with E-state index in [0.717, 1.165) is 18.9 Å². The van der Waals surface area contributed by atoms with Gasteiger partial charge in [-0.25, -0.2) is 4.39 Å². The minimum atomic E-state index is -0.599. The Labute approximate surface area is 151 Å². The third-order valence-corrected chi connectivity index (χ3v) is 5.24. The second-order valence-corrected chi connectivity index (χ2v) is 7.08. The van der Waals surface area contributed by atoms with Gasteiger partial charge in [0.15, 0.2) is 0 Å². The lowest BCUT2D eigenvalue weighted by atomic mass is 10.0. The number of ether oxygens (including phenoxy) is 1. The number of nitro benzene ring substituents is 1. The Morgan fingerprint density at radius 2 is 2.19 bits per heavy atom. The van der Waals surface area contributed by atoms with Crippen molar-refractivity contribution >= 4 is 11.6 Å². The van der Waals surface area contributed by atoms with Crippen LogP contribution in [0.4, 0.5) is 10.1 Å². The molecule has 0 saturated carbocycles. The summed E-state index contributed by atoms with van der Waals surface area (Å²) in [4.78, 5) is 27.0. The van der Waals surface area contributed by atoms with Crippen LogP contribution in [0.15, 0.2) is 12.1 Å². The highest BCUT2D eigenvalue weighted by molar-refractivity contribution is 5.81. The molecule has 2 aliphatic rings. The Morgan fingerprint density at radius 3 is 2.81 bits per heavy atom. The number of carbonyl (C=O) groups is 1. The highest BCUT2D eigenvalue weighted by Crippen LogP contribution is 2.26. The number of hydrogen-bond donors (Lipinski definition) is 0. The molecule has 2 atom stereocenters. The maximum atomic E-state index is 13.7. The summed E-state index contributed by atoms with van der Waals surface area (Å²) in [5, 5.41) is 11.1. The zero-order chi connectivity index (χ0) is 18.8. The molecule has 1 aromatic rings. The fourth-order valence-corrected chi connectivity index (χ4v) is 3.78. The standard InChI is InChI=1S/C18H24FN3O4/c1-12-10-20(5-6-21(12)18(23)17-4-3-7-26-17)11-14-8-15(19)9-16(13(14)2)22(24)25/h8-9,12,17H,3-7,10-11H2,1-2H3/t12-,17+/m0/s1. The number of amides is 1. The van der Waals surface area contributed by atoms with Crippen LogP contribution in [0.2, 0.25) is 0 Å². The molecule has 2 saturated heterocycles. The largest absolute Gasteiger partial charge is 0.368 e. The number of rotatable bonds is 4. The van der Waals surface area contributed by atoms with Gasteiger partial charge in [0.25, 0.3) is 11.6 Å². The molecule has 2 aliphatic heterocycles. The summed E-state index contributed by atoms with van der Waals surface area (Å²) in [5.41, 5.74) is 0.907. The van der Waals surface area contributed by atoms with Gasteiger partial charge < -0.3 is 9.64 Å². The molecular weight excluding hydrogens is 341 g/mol. The molecule has 0 aliphatic carbocycles. The van der Waals surface area contributed by atoms with Gasteiger partial charge in [0.2, 0.25) is 0 Å². The van der Waals surface area contributed by atoms with E-state index >= 15 is 0 Å². The van der Waals surface area contributed by atoms with Crippen LogP contribution in [0.25, 0.3) is 0 Å². The van der Waals surface area contributed by atoms with Crippen molar-refractivity contribution in [2.75, 3.05) is 26.2 Å².